The van der Waals surface area contributed by atoms with Crippen LogP contribution in [0.4, 0.5) is 0 Å². The maximum Gasteiger partial charge on any atom is 0.247 e. The molecule has 1 rings (SSSR count). The van der Waals surface area contributed by atoms with E-state index in [2.05, 4.69) is 21.2 Å². The van der Waals surface area contributed by atoms with Gasteiger partial charge in [-0.15, -0.1) is 0 Å². The van der Waals surface area contributed by atoms with Gasteiger partial charge in [0.25, 0.3) is 0 Å². The van der Waals surface area contributed by atoms with E-state index in [-0.39, 0.29) is 12.6 Å². The van der Waals surface area contributed by atoms with Crippen molar-refractivity contribution in [2.75, 3.05) is 6.54 Å². The second-order valence-electron chi connectivity index (χ2n) is 3.19. The molecule has 0 fully saturated rings. The lowest BCUT2D eigenvalue weighted by molar-refractivity contribution is -0.125. The van der Waals surface area contributed by atoms with Crippen molar-refractivity contribution in [1.29, 1.82) is 0 Å². The molecule has 0 saturated heterocycles. The van der Waals surface area contributed by atoms with Crippen molar-refractivity contribution < 1.29 is 14.3 Å². The molecule has 0 spiro atoms. The number of furan rings is 1. The molecule has 0 aromatic carbocycles. The molecule has 0 aliphatic rings. The summed E-state index contributed by atoms with van der Waals surface area (Å²) in [5.74, 6) is -0.0196. The molecular weight excluding hydrogens is 264 g/mol. The van der Waals surface area contributed by atoms with Gasteiger partial charge in [0.15, 0.2) is 4.67 Å². The second kappa shape index (κ2) is 5.29. The van der Waals surface area contributed by atoms with Crippen molar-refractivity contribution in [1.82, 2.24) is 5.32 Å². The van der Waals surface area contributed by atoms with Crippen LogP contribution in [0.15, 0.2) is 21.2 Å². The van der Waals surface area contributed by atoms with E-state index < -0.39 is 12.0 Å². The van der Waals surface area contributed by atoms with Crippen LogP contribution in [0.2, 0.25) is 0 Å². The number of halogens is 1. The van der Waals surface area contributed by atoms with Crippen LogP contribution in [0.3, 0.4) is 0 Å². The third-order valence-corrected chi connectivity index (χ3v) is 2.39. The number of aliphatic hydroxyl groups is 1. The number of carbonyl (C=O) groups excluding carboxylic acids is 1. The lowest BCUT2D eigenvalue weighted by Gasteiger charge is -2.13. The van der Waals surface area contributed by atoms with Crippen molar-refractivity contribution in [2.24, 2.45) is 5.73 Å². The highest BCUT2D eigenvalue weighted by atomic mass is 79.9. The van der Waals surface area contributed by atoms with Crippen molar-refractivity contribution in [3.63, 3.8) is 0 Å². The number of carbonyl (C=O) groups is 1. The van der Waals surface area contributed by atoms with Crippen LogP contribution < -0.4 is 11.1 Å². The zero-order valence-corrected chi connectivity index (χ0v) is 9.82. The van der Waals surface area contributed by atoms with E-state index in [1.807, 2.05) is 6.92 Å². The third kappa shape index (κ3) is 3.65. The van der Waals surface area contributed by atoms with E-state index in [9.17, 15) is 4.79 Å². The molecule has 5 nitrogen and oxygen atoms in total. The Morgan fingerprint density at radius 1 is 1.73 bits per heavy atom. The van der Waals surface area contributed by atoms with Crippen LogP contribution >= 0.6 is 15.9 Å². The monoisotopic (exact) mass is 276 g/mol. The zero-order chi connectivity index (χ0) is 11.4. The first-order valence-electron chi connectivity index (χ1n) is 4.46. The Hall–Kier alpha value is -0.850. The Morgan fingerprint density at radius 3 is 2.87 bits per heavy atom. The van der Waals surface area contributed by atoms with Crippen LogP contribution in [-0.4, -0.2) is 23.7 Å². The minimum absolute atomic E-state index is 0.0923. The molecule has 15 heavy (non-hydrogen) atoms. The molecule has 4 N–H and O–H groups in total. The summed E-state index contributed by atoms with van der Waals surface area (Å²) in [6.07, 6.45) is -1.18. The van der Waals surface area contributed by atoms with E-state index in [1.165, 1.54) is 0 Å². The molecule has 0 bridgehead atoms. The van der Waals surface area contributed by atoms with Crippen LogP contribution in [0.5, 0.6) is 0 Å². The average molecular weight is 277 g/mol. The summed E-state index contributed by atoms with van der Waals surface area (Å²) < 4.78 is 5.93. The van der Waals surface area contributed by atoms with Crippen molar-refractivity contribution in [3.8, 4) is 0 Å². The summed E-state index contributed by atoms with van der Waals surface area (Å²) in [5, 5.41) is 12.1. The Morgan fingerprint density at radius 2 is 2.40 bits per heavy atom. The van der Waals surface area contributed by atoms with Gasteiger partial charge in [0, 0.05) is 6.54 Å². The van der Waals surface area contributed by atoms with E-state index >= 15 is 0 Å². The Labute approximate surface area is 95.8 Å². The highest BCUT2D eigenvalue weighted by Gasteiger charge is 2.14. The van der Waals surface area contributed by atoms with Gasteiger partial charge in [-0.1, -0.05) is 0 Å². The zero-order valence-electron chi connectivity index (χ0n) is 8.24. The maximum absolute atomic E-state index is 10.6. The summed E-state index contributed by atoms with van der Waals surface area (Å²) in [5.41, 5.74) is 4.91. The first-order chi connectivity index (χ1) is 7.00. The Balaban J connectivity index is 2.43. The van der Waals surface area contributed by atoms with Gasteiger partial charge in [0.2, 0.25) is 5.91 Å². The molecule has 1 aromatic rings. The lowest BCUT2D eigenvalue weighted by atomic mass is 10.2. The topological polar surface area (TPSA) is 88.5 Å². The number of hydrogen-bond donors (Lipinski definition) is 3. The molecule has 0 saturated carbocycles. The van der Waals surface area contributed by atoms with Gasteiger partial charge < -0.3 is 20.6 Å². The number of aliphatic hydroxyl groups excluding tert-OH is 1. The van der Waals surface area contributed by atoms with Crippen molar-refractivity contribution >= 4 is 21.8 Å². The van der Waals surface area contributed by atoms with Crippen LogP contribution in [0, 0.1) is 0 Å². The van der Waals surface area contributed by atoms with E-state index in [0.29, 0.717) is 4.67 Å². The average Bonchev–Trinajstić information content (AvgIpc) is 2.60. The molecule has 0 radical (unpaired) electrons. The number of hydrogen-bond acceptors (Lipinski definition) is 4. The third-order valence-electron chi connectivity index (χ3n) is 1.97. The van der Waals surface area contributed by atoms with Gasteiger partial charge in [-0.3, -0.25) is 4.79 Å². The fraction of sp³-hybridized carbons (Fsp3) is 0.444. The van der Waals surface area contributed by atoms with Gasteiger partial charge in [-0.25, -0.2) is 0 Å². The van der Waals surface area contributed by atoms with Crippen molar-refractivity contribution in [2.45, 2.75) is 19.1 Å². The smallest absolute Gasteiger partial charge is 0.247 e. The number of nitrogens with two attached hydrogens (primary N) is 1. The second-order valence-corrected chi connectivity index (χ2v) is 3.97. The van der Waals surface area contributed by atoms with E-state index in [1.54, 1.807) is 12.1 Å². The number of primary amides is 1. The van der Waals surface area contributed by atoms with E-state index in [4.69, 9.17) is 15.3 Å². The summed E-state index contributed by atoms with van der Waals surface area (Å²) in [6.45, 7) is 1.97. The maximum atomic E-state index is 10.6. The molecule has 0 aliphatic carbocycles. The summed E-state index contributed by atoms with van der Waals surface area (Å²) in [4.78, 5) is 10.6. The molecule has 0 aliphatic heterocycles. The lowest BCUT2D eigenvalue weighted by Crippen LogP contribution is -2.38. The number of nitrogens with one attached hydrogen (secondary N) is 1. The minimum Gasteiger partial charge on any atom is -0.453 e. The van der Waals surface area contributed by atoms with Crippen LogP contribution in [0.1, 0.15) is 18.7 Å². The van der Waals surface area contributed by atoms with Gasteiger partial charge in [0.1, 0.15) is 11.9 Å². The van der Waals surface area contributed by atoms with Crippen LogP contribution in [-0.2, 0) is 4.79 Å². The van der Waals surface area contributed by atoms with E-state index in [0.717, 1.165) is 5.76 Å². The quantitative estimate of drug-likeness (QED) is 0.733. The molecule has 2 unspecified atom stereocenters. The molecule has 1 aromatic heterocycles. The molecule has 1 amide bonds. The van der Waals surface area contributed by atoms with Gasteiger partial charge in [0.05, 0.1) is 6.04 Å². The number of rotatable bonds is 5. The summed E-state index contributed by atoms with van der Waals surface area (Å²) in [7, 11) is 0. The molecular formula is C9H13BrN2O3. The molecule has 2 atom stereocenters. The van der Waals surface area contributed by atoms with Gasteiger partial charge in [-0.05, 0) is 35.0 Å². The fourth-order valence-electron chi connectivity index (χ4n) is 1.05. The number of amides is 1. The van der Waals surface area contributed by atoms with Gasteiger partial charge >= 0.3 is 0 Å². The first kappa shape index (κ1) is 12.2. The highest BCUT2D eigenvalue weighted by Crippen LogP contribution is 2.19. The standard InChI is InChI=1S/C9H13BrN2O3/c1-5(7-2-3-8(10)15-7)12-4-6(13)9(11)14/h2-3,5-6,12-13H,4H2,1H3,(H2,11,14). The summed E-state index contributed by atoms with van der Waals surface area (Å²) >= 11 is 3.19. The predicted octanol–water partition coefficient (Wildman–Crippen LogP) is 0.539. The fourth-order valence-corrected chi connectivity index (χ4v) is 1.37. The minimum atomic E-state index is -1.18. The normalized spacial score (nSPS) is 14.9. The molecule has 1 heterocycles. The predicted molar refractivity (Wildman–Crippen MR) is 58.0 cm³/mol. The largest absolute Gasteiger partial charge is 0.453 e. The first-order valence-corrected chi connectivity index (χ1v) is 5.26. The SMILES string of the molecule is CC(NCC(O)C(N)=O)c1ccc(Br)o1. The molecule has 84 valence electrons. The molecule has 6 heteroatoms. The highest BCUT2D eigenvalue weighted by molar-refractivity contribution is 9.10. The summed E-state index contributed by atoms with van der Waals surface area (Å²) in [6, 6.07) is 3.49. The van der Waals surface area contributed by atoms with Crippen molar-refractivity contribution in [3.05, 3.63) is 22.6 Å². The van der Waals surface area contributed by atoms with Crippen LogP contribution in [0.25, 0.3) is 0 Å². The Kier molecular flexibility index (Phi) is 4.31. The Bertz CT molecular complexity index is 340. The van der Waals surface area contributed by atoms with Gasteiger partial charge in [-0.2, -0.15) is 0 Å².